The van der Waals surface area contributed by atoms with Crippen LogP contribution >= 0.6 is 0 Å². The lowest BCUT2D eigenvalue weighted by Crippen LogP contribution is -2.44. The molecule has 1 aliphatic rings. The average molecular weight is 339 g/mol. The standard InChI is InChI=1S/C19H25N5O/c1-15-14-18(25)24-17-7-4-3-6-16(17)23(19(24)20-15)9-5-8-22-12-10-21(2)11-13-22/h3-4,6-7,14H,5,8-13H2,1-2H3. The Morgan fingerprint density at radius 1 is 1.04 bits per heavy atom. The molecule has 0 spiro atoms. The first-order chi connectivity index (χ1) is 12.1. The molecule has 0 unspecified atom stereocenters. The fraction of sp³-hybridized carbons (Fsp3) is 0.474. The van der Waals surface area contributed by atoms with Gasteiger partial charge in [-0.2, -0.15) is 0 Å². The van der Waals surface area contributed by atoms with Gasteiger partial charge in [0, 0.05) is 44.5 Å². The topological polar surface area (TPSA) is 45.8 Å². The van der Waals surface area contributed by atoms with Crippen molar-refractivity contribution in [1.29, 1.82) is 0 Å². The van der Waals surface area contributed by atoms with Gasteiger partial charge in [-0.25, -0.2) is 9.38 Å². The van der Waals surface area contributed by atoms with E-state index in [9.17, 15) is 4.79 Å². The number of para-hydroxylation sites is 2. The summed E-state index contributed by atoms with van der Waals surface area (Å²) in [4.78, 5) is 22.0. The predicted molar refractivity (Wildman–Crippen MR) is 100 cm³/mol. The van der Waals surface area contributed by atoms with Crippen LogP contribution in [0.5, 0.6) is 0 Å². The van der Waals surface area contributed by atoms with Crippen molar-refractivity contribution < 1.29 is 0 Å². The number of nitrogens with zero attached hydrogens (tertiary/aromatic N) is 5. The molecule has 0 N–H and O–H groups in total. The SMILES string of the molecule is Cc1cc(=O)n2c3ccccc3n(CCCN3CCN(C)CC3)c2n1. The molecule has 0 atom stereocenters. The normalized spacial score (nSPS) is 16.9. The first kappa shape index (κ1) is 16.3. The van der Waals surface area contributed by atoms with Crippen LogP contribution in [-0.2, 0) is 6.54 Å². The first-order valence-corrected chi connectivity index (χ1v) is 9.02. The first-order valence-electron chi connectivity index (χ1n) is 9.02. The van der Waals surface area contributed by atoms with Gasteiger partial charge in [0.15, 0.2) is 0 Å². The molecule has 3 aromatic rings. The lowest BCUT2D eigenvalue weighted by atomic mass is 10.3. The van der Waals surface area contributed by atoms with Crippen molar-refractivity contribution in [3.63, 3.8) is 0 Å². The molecule has 132 valence electrons. The molecule has 0 radical (unpaired) electrons. The van der Waals surface area contributed by atoms with Gasteiger partial charge in [-0.1, -0.05) is 12.1 Å². The van der Waals surface area contributed by atoms with E-state index in [0.717, 1.165) is 68.2 Å². The zero-order chi connectivity index (χ0) is 17.4. The van der Waals surface area contributed by atoms with Crippen molar-refractivity contribution in [2.24, 2.45) is 0 Å². The Morgan fingerprint density at radius 3 is 2.52 bits per heavy atom. The molecule has 0 amide bonds. The molecule has 2 aromatic heterocycles. The summed E-state index contributed by atoms with van der Waals surface area (Å²) in [6.07, 6.45) is 1.06. The van der Waals surface area contributed by atoms with Crippen LogP contribution in [-0.4, -0.2) is 63.5 Å². The highest BCUT2D eigenvalue weighted by Crippen LogP contribution is 2.19. The van der Waals surface area contributed by atoms with Crippen molar-refractivity contribution in [1.82, 2.24) is 23.8 Å². The van der Waals surface area contributed by atoms with Crippen LogP contribution in [0.4, 0.5) is 0 Å². The number of benzene rings is 1. The van der Waals surface area contributed by atoms with E-state index in [1.165, 1.54) is 0 Å². The summed E-state index contributed by atoms with van der Waals surface area (Å²) in [6, 6.07) is 9.68. The molecule has 6 heteroatoms. The number of aryl methyl sites for hydroxylation is 2. The zero-order valence-electron chi connectivity index (χ0n) is 15.0. The van der Waals surface area contributed by atoms with E-state index in [2.05, 4.69) is 32.5 Å². The number of hydrogen-bond acceptors (Lipinski definition) is 4. The maximum Gasteiger partial charge on any atom is 0.259 e. The molecule has 1 saturated heterocycles. The maximum absolute atomic E-state index is 12.5. The third-order valence-corrected chi connectivity index (χ3v) is 5.14. The van der Waals surface area contributed by atoms with E-state index in [1.807, 2.05) is 25.1 Å². The largest absolute Gasteiger partial charge is 0.309 e. The monoisotopic (exact) mass is 339 g/mol. The number of aromatic nitrogens is 3. The van der Waals surface area contributed by atoms with Crippen molar-refractivity contribution in [2.75, 3.05) is 39.8 Å². The van der Waals surface area contributed by atoms with Gasteiger partial charge in [-0.15, -0.1) is 0 Å². The van der Waals surface area contributed by atoms with Crippen LogP contribution in [0, 0.1) is 6.92 Å². The number of piperazine rings is 1. The highest BCUT2D eigenvalue weighted by molar-refractivity contribution is 5.80. The summed E-state index contributed by atoms with van der Waals surface area (Å²) in [6.45, 7) is 8.41. The lowest BCUT2D eigenvalue weighted by Gasteiger charge is -2.32. The molecule has 4 rings (SSSR count). The van der Waals surface area contributed by atoms with Gasteiger partial charge in [0.1, 0.15) is 0 Å². The van der Waals surface area contributed by atoms with Gasteiger partial charge < -0.3 is 14.4 Å². The predicted octanol–water partition coefficient (Wildman–Crippen LogP) is 1.60. The van der Waals surface area contributed by atoms with E-state index in [0.29, 0.717) is 0 Å². The van der Waals surface area contributed by atoms with E-state index in [4.69, 9.17) is 0 Å². The number of likely N-dealkylation sites (N-methyl/N-ethyl adjacent to an activating group) is 1. The summed E-state index contributed by atoms with van der Waals surface area (Å²) in [7, 11) is 2.18. The Hall–Kier alpha value is -2.18. The highest BCUT2D eigenvalue weighted by atomic mass is 16.1. The molecule has 0 saturated carbocycles. The van der Waals surface area contributed by atoms with Gasteiger partial charge in [0.25, 0.3) is 5.56 Å². The molecular formula is C19H25N5O. The summed E-state index contributed by atoms with van der Waals surface area (Å²) < 4.78 is 3.93. The fourth-order valence-corrected chi connectivity index (χ4v) is 3.72. The second kappa shape index (κ2) is 6.61. The highest BCUT2D eigenvalue weighted by Gasteiger charge is 2.15. The summed E-state index contributed by atoms with van der Waals surface area (Å²) in [5, 5.41) is 0. The Balaban J connectivity index is 1.63. The fourth-order valence-electron chi connectivity index (χ4n) is 3.72. The Bertz CT molecular complexity index is 949. The number of imidazole rings is 1. The summed E-state index contributed by atoms with van der Waals surface area (Å²) in [5.41, 5.74) is 2.79. The Labute approximate surface area is 147 Å². The van der Waals surface area contributed by atoms with Gasteiger partial charge in [-0.05, 0) is 39.1 Å². The molecule has 3 heterocycles. The Kier molecular flexibility index (Phi) is 4.31. The maximum atomic E-state index is 12.5. The molecule has 0 bridgehead atoms. The molecule has 25 heavy (non-hydrogen) atoms. The van der Waals surface area contributed by atoms with Crippen molar-refractivity contribution in [3.05, 3.63) is 46.4 Å². The van der Waals surface area contributed by atoms with Crippen molar-refractivity contribution in [2.45, 2.75) is 19.9 Å². The smallest absolute Gasteiger partial charge is 0.259 e. The van der Waals surface area contributed by atoms with Crippen LogP contribution in [0.3, 0.4) is 0 Å². The van der Waals surface area contributed by atoms with Crippen molar-refractivity contribution >= 4 is 16.8 Å². The molecule has 6 nitrogen and oxygen atoms in total. The minimum absolute atomic E-state index is 0.00322. The van der Waals surface area contributed by atoms with E-state index < -0.39 is 0 Å². The van der Waals surface area contributed by atoms with Crippen molar-refractivity contribution in [3.8, 4) is 0 Å². The molecule has 0 aliphatic carbocycles. The van der Waals surface area contributed by atoms with Gasteiger partial charge in [-0.3, -0.25) is 4.79 Å². The summed E-state index contributed by atoms with van der Waals surface area (Å²) in [5.74, 6) is 0.754. The number of fused-ring (bicyclic) bond motifs is 3. The number of hydrogen-bond donors (Lipinski definition) is 0. The second-order valence-corrected chi connectivity index (χ2v) is 7.01. The molecule has 1 aliphatic heterocycles. The van der Waals surface area contributed by atoms with Gasteiger partial charge in [0.2, 0.25) is 5.78 Å². The zero-order valence-corrected chi connectivity index (χ0v) is 15.0. The minimum Gasteiger partial charge on any atom is -0.309 e. The van der Waals surface area contributed by atoms with Crippen LogP contribution < -0.4 is 5.56 Å². The third-order valence-electron chi connectivity index (χ3n) is 5.14. The van der Waals surface area contributed by atoms with Crippen LogP contribution in [0.2, 0.25) is 0 Å². The van der Waals surface area contributed by atoms with Gasteiger partial charge in [0.05, 0.1) is 11.0 Å². The number of rotatable bonds is 4. The molecular weight excluding hydrogens is 314 g/mol. The van der Waals surface area contributed by atoms with E-state index >= 15 is 0 Å². The quantitative estimate of drug-likeness (QED) is 0.724. The van der Waals surface area contributed by atoms with Crippen LogP contribution in [0.25, 0.3) is 16.8 Å². The van der Waals surface area contributed by atoms with E-state index in [-0.39, 0.29) is 5.56 Å². The lowest BCUT2D eigenvalue weighted by molar-refractivity contribution is 0.151. The third kappa shape index (κ3) is 3.07. The molecule has 1 fully saturated rings. The average Bonchev–Trinajstić information content (AvgIpc) is 2.91. The summed E-state index contributed by atoms with van der Waals surface area (Å²) >= 11 is 0. The van der Waals surface area contributed by atoms with Crippen LogP contribution in [0.1, 0.15) is 12.1 Å². The van der Waals surface area contributed by atoms with Crippen LogP contribution in [0.15, 0.2) is 35.1 Å². The second-order valence-electron chi connectivity index (χ2n) is 7.01. The molecule has 1 aromatic carbocycles. The van der Waals surface area contributed by atoms with E-state index in [1.54, 1.807) is 10.5 Å². The Morgan fingerprint density at radius 2 is 1.76 bits per heavy atom. The van der Waals surface area contributed by atoms with Gasteiger partial charge >= 0.3 is 0 Å². The minimum atomic E-state index is -0.00322.